The number of hydrogen-bond acceptors (Lipinski definition) is 4. The van der Waals surface area contributed by atoms with Gasteiger partial charge in [0.1, 0.15) is 12.6 Å². The summed E-state index contributed by atoms with van der Waals surface area (Å²) >= 11 is 19.0. The molecule has 4 aromatic carbocycles. The lowest BCUT2D eigenvalue weighted by Gasteiger charge is -2.34. The first-order valence-corrected chi connectivity index (χ1v) is 17.3. The van der Waals surface area contributed by atoms with Crippen LogP contribution in [-0.2, 0) is 32.6 Å². The topological polar surface area (TPSA) is 86.8 Å². The molecule has 0 aliphatic rings. The van der Waals surface area contributed by atoms with Crippen molar-refractivity contribution in [2.24, 2.45) is 0 Å². The zero-order valence-corrected chi connectivity index (χ0v) is 29.1. The molecule has 0 fully saturated rings. The highest BCUT2D eigenvalue weighted by molar-refractivity contribution is 7.92. The molecule has 2 amide bonds. The number of amides is 2. The number of benzene rings is 4. The minimum atomic E-state index is -4.25. The van der Waals surface area contributed by atoms with Gasteiger partial charge in [0.15, 0.2) is 0 Å². The first-order chi connectivity index (χ1) is 21.8. The van der Waals surface area contributed by atoms with E-state index in [1.807, 2.05) is 51.1 Å². The fraction of sp³-hybridized carbons (Fsp3) is 0.257. The van der Waals surface area contributed by atoms with Gasteiger partial charge in [0.25, 0.3) is 10.0 Å². The van der Waals surface area contributed by atoms with Crippen LogP contribution in [0.3, 0.4) is 0 Å². The molecule has 1 unspecified atom stereocenters. The lowest BCUT2D eigenvalue weighted by Crippen LogP contribution is -2.54. The molecule has 0 aliphatic heterocycles. The number of nitrogens with zero attached hydrogens (tertiary/aromatic N) is 2. The van der Waals surface area contributed by atoms with E-state index in [4.69, 9.17) is 34.8 Å². The van der Waals surface area contributed by atoms with Crippen LogP contribution in [0.2, 0.25) is 15.1 Å². The molecule has 7 nitrogen and oxygen atoms in total. The maximum atomic E-state index is 14.5. The molecule has 0 saturated heterocycles. The Balaban J connectivity index is 1.84. The van der Waals surface area contributed by atoms with Crippen LogP contribution in [0.1, 0.15) is 36.1 Å². The summed E-state index contributed by atoms with van der Waals surface area (Å²) in [5.74, 6) is -0.975. The molecular formula is C35H36Cl3N3O4S. The Bertz CT molecular complexity index is 1800. The summed E-state index contributed by atoms with van der Waals surface area (Å²) in [7, 11) is -4.25. The monoisotopic (exact) mass is 699 g/mol. The molecule has 242 valence electrons. The van der Waals surface area contributed by atoms with Crippen molar-refractivity contribution in [3.63, 3.8) is 0 Å². The van der Waals surface area contributed by atoms with Crippen LogP contribution in [0.25, 0.3) is 0 Å². The van der Waals surface area contributed by atoms with Gasteiger partial charge in [-0.05, 0) is 80.8 Å². The van der Waals surface area contributed by atoms with E-state index in [9.17, 15) is 18.0 Å². The molecule has 46 heavy (non-hydrogen) atoms. The normalized spacial score (nSPS) is 12.1. The summed E-state index contributed by atoms with van der Waals surface area (Å²) in [4.78, 5) is 29.8. The second-order valence-corrected chi connectivity index (χ2v) is 14.5. The second-order valence-electron chi connectivity index (χ2n) is 11.4. The average molecular weight is 701 g/mol. The lowest BCUT2D eigenvalue weighted by atomic mass is 10.0. The van der Waals surface area contributed by atoms with Gasteiger partial charge in [-0.2, -0.15) is 0 Å². The Kier molecular flexibility index (Phi) is 11.8. The van der Waals surface area contributed by atoms with Crippen LogP contribution < -0.4 is 9.62 Å². The third kappa shape index (κ3) is 8.82. The number of carbonyl (C=O) groups excluding carboxylic acids is 2. The highest BCUT2D eigenvalue weighted by atomic mass is 35.5. The van der Waals surface area contributed by atoms with E-state index >= 15 is 0 Å². The highest BCUT2D eigenvalue weighted by Crippen LogP contribution is 2.30. The molecule has 0 heterocycles. The molecule has 1 atom stereocenters. The van der Waals surface area contributed by atoms with E-state index in [2.05, 4.69) is 5.32 Å². The number of hydrogen-bond donors (Lipinski definition) is 1. The van der Waals surface area contributed by atoms with Crippen molar-refractivity contribution < 1.29 is 18.0 Å². The summed E-state index contributed by atoms with van der Waals surface area (Å²) in [6, 6.07) is 24.3. The minimum absolute atomic E-state index is 0.0111. The van der Waals surface area contributed by atoms with Crippen molar-refractivity contribution in [3.05, 3.63) is 128 Å². The van der Waals surface area contributed by atoms with Crippen LogP contribution >= 0.6 is 34.8 Å². The summed E-state index contributed by atoms with van der Waals surface area (Å²) in [6.07, 6.45) is 0.188. The molecule has 0 radical (unpaired) electrons. The van der Waals surface area contributed by atoms with E-state index in [1.165, 1.54) is 23.1 Å². The number of carbonyl (C=O) groups is 2. The van der Waals surface area contributed by atoms with Gasteiger partial charge in [0, 0.05) is 24.0 Å². The van der Waals surface area contributed by atoms with Gasteiger partial charge in [0.2, 0.25) is 11.8 Å². The number of halogens is 3. The van der Waals surface area contributed by atoms with Crippen molar-refractivity contribution in [3.8, 4) is 0 Å². The van der Waals surface area contributed by atoms with Crippen LogP contribution in [0.15, 0.2) is 95.9 Å². The van der Waals surface area contributed by atoms with Crippen molar-refractivity contribution >= 4 is 62.3 Å². The van der Waals surface area contributed by atoms with Crippen molar-refractivity contribution in [1.82, 2.24) is 10.2 Å². The smallest absolute Gasteiger partial charge is 0.264 e. The van der Waals surface area contributed by atoms with E-state index in [-0.39, 0.29) is 40.5 Å². The first-order valence-electron chi connectivity index (χ1n) is 14.7. The molecule has 4 aromatic rings. The Labute approximate surface area is 286 Å². The zero-order chi connectivity index (χ0) is 33.6. The Morgan fingerprint density at radius 3 is 2.07 bits per heavy atom. The second kappa shape index (κ2) is 15.4. The largest absolute Gasteiger partial charge is 0.352 e. The van der Waals surface area contributed by atoms with Gasteiger partial charge < -0.3 is 10.2 Å². The quantitative estimate of drug-likeness (QED) is 0.165. The predicted octanol–water partition coefficient (Wildman–Crippen LogP) is 7.62. The maximum Gasteiger partial charge on any atom is 0.264 e. The SMILES string of the molecule is Cc1ccc(S(=O)(=O)N(CC(=O)N(Cc2ccc(Cl)c(Cl)c2)C(Cc2ccccc2)C(=O)NC(C)C)c2ccc(C)c(Cl)c2)cc1. The average Bonchev–Trinajstić information content (AvgIpc) is 3.01. The maximum absolute atomic E-state index is 14.5. The van der Waals surface area contributed by atoms with Crippen LogP contribution in [0.4, 0.5) is 5.69 Å². The van der Waals surface area contributed by atoms with E-state index in [1.54, 1.807) is 49.4 Å². The summed E-state index contributed by atoms with van der Waals surface area (Å²) in [6.45, 7) is 6.69. The summed E-state index contributed by atoms with van der Waals surface area (Å²) < 4.78 is 29.4. The number of anilines is 1. The zero-order valence-electron chi connectivity index (χ0n) is 26.0. The molecule has 0 aliphatic carbocycles. The summed E-state index contributed by atoms with van der Waals surface area (Å²) in [5.41, 5.74) is 3.29. The number of aryl methyl sites for hydroxylation is 2. The number of nitrogens with one attached hydrogen (secondary N) is 1. The number of sulfonamides is 1. The van der Waals surface area contributed by atoms with Gasteiger partial charge in [-0.25, -0.2) is 8.42 Å². The van der Waals surface area contributed by atoms with E-state index in [0.29, 0.717) is 15.6 Å². The minimum Gasteiger partial charge on any atom is -0.352 e. The first kappa shape index (κ1) is 35.3. The fourth-order valence-corrected chi connectivity index (χ4v) is 6.77. The molecule has 0 bridgehead atoms. The van der Waals surface area contributed by atoms with Gasteiger partial charge >= 0.3 is 0 Å². The third-order valence-corrected chi connectivity index (χ3v) is 10.3. The molecule has 4 rings (SSSR count). The van der Waals surface area contributed by atoms with Crippen LogP contribution in [0.5, 0.6) is 0 Å². The fourth-order valence-electron chi connectivity index (χ4n) is 4.87. The Morgan fingerprint density at radius 1 is 0.783 bits per heavy atom. The molecular weight excluding hydrogens is 665 g/mol. The van der Waals surface area contributed by atoms with Crippen molar-refractivity contribution in [1.29, 1.82) is 0 Å². The Morgan fingerprint density at radius 2 is 1.46 bits per heavy atom. The van der Waals surface area contributed by atoms with Gasteiger partial charge in [-0.15, -0.1) is 0 Å². The predicted molar refractivity (Wildman–Crippen MR) is 186 cm³/mol. The van der Waals surface area contributed by atoms with Crippen molar-refractivity contribution in [2.45, 2.75) is 57.6 Å². The summed E-state index contributed by atoms with van der Waals surface area (Å²) in [5, 5.41) is 3.91. The molecule has 0 spiro atoms. The number of rotatable bonds is 12. The molecule has 11 heteroatoms. The van der Waals surface area contributed by atoms with Crippen LogP contribution in [0, 0.1) is 13.8 Å². The van der Waals surface area contributed by atoms with Gasteiger partial charge in [-0.1, -0.05) is 95.0 Å². The van der Waals surface area contributed by atoms with Crippen LogP contribution in [-0.4, -0.2) is 43.8 Å². The standard InChI is InChI=1S/C35H36Cl3N3O4S/c1-23(2)39-35(43)33(19-26-8-6-5-7-9-26)40(21-27-13-17-30(36)32(38)18-27)34(42)22-41(28-14-12-25(4)31(37)20-28)46(44,45)29-15-10-24(3)11-16-29/h5-18,20,23,33H,19,21-22H2,1-4H3,(H,39,43). The van der Waals surface area contributed by atoms with Gasteiger partial charge in [0.05, 0.1) is 20.6 Å². The van der Waals surface area contributed by atoms with Crippen molar-refractivity contribution in [2.75, 3.05) is 10.8 Å². The Hall–Kier alpha value is -3.56. The molecule has 0 aromatic heterocycles. The molecule has 1 N–H and O–H groups in total. The van der Waals surface area contributed by atoms with E-state index < -0.39 is 28.5 Å². The highest BCUT2D eigenvalue weighted by Gasteiger charge is 2.35. The molecule has 0 saturated carbocycles. The lowest BCUT2D eigenvalue weighted by molar-refractivity contribution is -0.140. The van der Waals surface area contributed by atoms with E-state index in [0.717, 1.165) is 21.0 Å². The van der Waals surface area contributed by atoms with Gasteiger partial charge in [-0.3, -0.25) is 13.9 Å². The third-order valence-electron chi connectivity index (χ3n) is 7.37.